The van der Waals surface area contributed by atoms with Crippen LogP contribution >= 0.6 is 12.2 Å². The number of carbonyl (C=O) groups is 1. The zero-order chi connectivity index (χ0) is 21.3. The number of fused-ring (bicyclic) bond motifs is 1. The van der Waals surface area contributed by atoms with Crippen molar-refractivity contribution in [2.45, 2.75) is 13.3 Å². The number of anilines is 2. The highest BCUT2D eigenvalue weighted by Gasteiger charge is 2.07. The van der Waals surface area contributed by atoms with Crippen LogP contribution < -0.4 is 21.5 Å². The van der Waals surface area contributed by atoms with Crippen molar-refractivity contribution in [3.05, 3.63) is 64.4 Å². The molecule has 30 heavy (non-hydrogen) atoms. The van der Waals surface area contributed by atoms with Gasteiger partial charge in [-0.2, -0.15) is 5.10 Å². The number of benzene rings is 2. The minimum atomic E-state index is -0.345. The number of hydrogen-bond acceptors (Lipinski definition) is 6. The molecule has 0 fully saturated rings. The SMILES string of the molecule is CCOC(=O)c1ccc(NC(=S)NCCCNc2n[nH]c(=O)c3ccccc23)cc1. The number of aromatic nitrogens is 2. The number of H-pyrrole nitrogens is 1. The molecular weight excluding hydrogens is 402 g/mol. The molecule has 0 spiro atoms. The zero-order valence-corrected chi connectivity index (χ0v) is 17.3. The first-order valence-corrected chi connectivity index (χ1v) is 10.0. The Bertz CT molecular complexity index is 1080. The van der Waals surface area contributed by atoms with E-state index < -0.39 is 0 Å². The van der Waals surface area contributed by atoms with Crippen LogP contribution in [0.1, 0.15) is 23.7 Å². The number of nitrogens with one attached hydrogen (secondary N) is 4. The monoisotopic (exact) mass is 425 g/mol. The highest BCUT2D eigenvalue weighted by molar-refractivity contribution is 7.80. The minimum absolute atomic E-state index is 0.204. The second-order valence-electron chi connectivity index (χ2n) is 6.41. The molecule has 0 aliphatic rings. The molecule has 0 bridgehead atoms. The number of carbonyl (C=O) groups excluding carboxylic acids is 1. The van der Waals surface area contributed by atoms with Crippen LogP contribution in [0.5, 0.6) is 0 Å². The first-order valence-electron chi connectivity index (χ1n) is 9.62. The second-order valence-corrected chi connectivity index (χ2v) is 6.81. The van der Waals surface area contributed by atoms with Gasteiger partial charge >= 0.3 is 5.97 Å². The third-order valence-electron chi connectivity index (χ3n) is 4.28. The van der Waals surface area contributed by atoms with Crippen molar-refractivity contribution >= 4 is 45.6 Å². The van der Waals surface area contributed by atoms with Gasteiger partial charge in [0.1, 0.15) is 0 Å². The molecule has 8 nitrogen and oxygen atoms in total. The molecule has 3 rings (SSSR count). The van der Waals surface area contributed by atoms with Gasteiger partial charge in [0.15, 0.2) is 10.9 Å². The number of aromatic amines is 1. The van der Waals surface area contributed by atoms with Gasteiger partial charge in [-0.1, -0.05) is 18.2 Å². The summed E-state index contributed by atoms with van der Waals surface area (Å²) < 4.78 is 4.96. The molecule has 0 unspecified atom stereocenters. The average molecular weight is 426 g/mol. The maximum atomic E-state index is 11.8. The number of thiocarbonyl (C=S) groups is 1. The molecule has 0 atom stereocenters. The van der Waals surface area contributed by atoms with Crippen molar-refractivity contribution in [1.29, 1.82) is 0 Å². The molecule has 0 radical (unpaired) electrons. The van der Waals surface area contributed by atoms with Crippen molar-refractivity contribution in [3.8, 4) is 0 Å². The summed E-state index contributed by atoms with van der Waals surface area (Å²) in [6.07, 6.45) is 0.790. The van der Waals surface area contributed by atoms with E-state index in [0.717, 1.165) is 17.5 Å². The number of esters is 1. The lowest BCUT2D eigenvalue weighted by Crippen LogP contribution is -2.30. The van der Waals surface area contributed by atoms with Crippen LogP contribution in [0.25, 0.3) is 10.8 Å². The lowest BCUT2D eigenvalue weighted by Gasteiger charge is -2.12. The van der Waals surface area contributed by atoms with Gasteiger partial charge in [-0.15, -0.1) is 0 Å². The topological polar surface area (TPSA) is 108 Å². The molecule has 1 heterocycles. The van der Waals surface area contributed by atoms with Crippen molar-refractivity contribution in [2.75, 3.05) is 30.3 Å². The normalized spacial score (nSPS) is 10.4. The van der Waals surface area contributed by atoms with E-state index in [4.69, 9.17) is 17.0 Å². The number of nitrogens with zero attached hydrogens (tertiary/aromatic N) is 1. The lowest BCUT2D eigenvalue weighted by atomic mass is 10.2. The Morgan fingerprint density at radius 3 is 2.57 bits per heavy atom. The van der Waals surface area contributed by atoms with Crippen LogP contribution in [0.3, 0.4) is 0 Å². The molecule has 3 aromatic rings. The lowest BCUT2D eigenvalue weighted by molar-refractivity contribution is 0.0526. The van der Waals surface area contributed by atoms with E-state index in [1.807, 2.05) is 18.2 Å². The maximum Gasteiger partial charge on any atom is 0.338 e. The smallest absolute Gasteiger partial charge is 0.338 e. The molecule has 1 aromatic heterocycles. The molecule has 2 aromatic carbocycles. The number of rotatable bonds is 8. The van der Waals surface area contributed by atoms with Crippen LogP contribution in [-0.2, 0) is 4.74 Å². The van der Waals surface area contributed by atoms with E-state index >= 15 is 0 Å². The predicted octanol–water partition coefficient (Wildman–Crippen LogP) is 2.89. The number of ether oxygens (including phenoxy) is 1. The fraction of sp³-hybridized carbons (Fsp3) is 0.238. The third kappa shape index (κ3) is 5.54. The molecule has 0 aliphatic heterocycles. The quantitative estimate of drug-likeness (QED) is 0.248. The van der Waals surface area contributed by atoms with Gasteiger partial charge in [-0.25, -0.2) is 9.89 Å². The minimum Gasteiger partial charge on any atom is -0.462 e. The molecule has 0 saturated carbocycles. The third-order valence-corrected chi connectivity index (χ3v) is 4.53. The summed E-state index contributed by atoms with van der Waals surface area (Å²) in [7, 11) is 0. The highest BCUT2D eigenvalue weighted by Crippen LogP contribution is 2.16. The Labute approximate surface area is 179 Å². The number of hydrogen-bond donors (Lipinski definition) is 4. The predicted molar refractivity (Wildman–Crippen MR) is 122 cm³/mol. The molecule has 156 valence electrons. The van der Waals surface area contributed by atoms with Crippen molar-refractivity contribution in [1.82, 2.24) is 15.5 Å². The van der Waals surface area contributed by atoms with Crippen LogP contribution in [0.4, 0.5) is 11.5 Å². The summed E-state index contributed by atoms with van der Waals surface area (Å²) in [6, 6.07) is 14.3. The van der Waals surface area contributed by atoms with E-state index in [-0.39, 0.29) is 11.5 Å². The van der Waals surface area contributed by atoms with E-state index in [2.05, 4.69) is 26.1 Å². The van der Waals surface area contributed by atoms with Crippen molar-refractivity contribution in [2.24, 2.45) is 0 Å². The van der Waals surface area contributed by atoms with Gasteiger partial charge in [0, 0.05) is 24.2 Å². The summed E-state index contributed by atoms with van der Waals surface area (Å²) >= 11 is 5.30. The summed E-state index contributed by atoms with van der Waals surface area (Å²) in [4.78, 5) is 23.5. The van der Waals surface area contributed by atoms with Crippen molar-refractivity contribution < 1.29 is 9.53 Å². The Hall–Kier alpha value is -3.46. The van der Waals surface area contributed by atoms with Gasteiger partial charge in [0.05, 0.1) is 17.6 Å². The summed E-state index contributed by atoms with van der Waals surface area (Å²) in [5, 5.41) is 17.9. The first kappa shape index (κ1) is 21.3. The molecule has 9 heteroatoms. The molecular formula is C21H23N5O3S. The maximum absolute atomic E-state index is 11.8. The summed E-state index contributed by atoms with van der Waals surface area (Å²) in [5.41, 5.74) is 1.07. The van der Waals surface area contributed by atoms with Gasteiger partial charge in [-0.3, -0.25) is 4.79 Å². The molecule has 0 amide bonds. The summed E-state index contributed by atoms with van der Waals surface area (Å²) in [6.45, 7) is 3.43. The van der Waals surface area contributed by atoms with E-state index in [1.54, 1.807) is 37.3 Å². The fourth-order valence-corrected chi connectivity index (χ4v) is 3.05. The van der Waals surface area contributed by atoms with Gasteiger partial charge < -0.3 is 20.7 Å². The highest BCUT2D eigenvalue weighted by atomic mass is 32.1. The van der Waals surface area contributed by atoms with E-state index in [1.165, 1.54) is 0 Å². The van der Waals surface area contributed by atoms with Gasteiger partial charge in [0.25, 0.3) is 5.56 Å². The Balaban J connectivity index is 1.42. The standard InChI is InChI=1S/C21H23N5O3S/c1-2-29-20(28)14-8-10-15(11-9-14)24-21(30)23-13-5-12-22-18-16-6-3-4-7-17(16)19(27)26-25-18/h3-4,6-11H,2,5,12-13H2,1H3,(H,22,25)(H,26,27)(H2,23,24,30). The zero-order valence-electron chi connectivity index (χ0n) is 16.5. The Morgan fingerprint density at radius 2 is 1.83 bits per heavy atom. The van der Waals surface area contributed by atoms with Crippen LogP contribution in [0, 0.1) is 0 Å². The fourth-order valence-electron chi connectivity index (χ4n) is 2.83. The van der Waals surface area contributed by atoms with Gasteiger partial charge in [0.2, 0.25) is 0 Å². The molecule has 0 aliphatic carbocycles. The molecule has 4 N–H and O–H groups in total. The largest absolute Gasteiger partial charge is 0.462 e. The van der Waals surface area contributed by atoms with Crippen molar-refractivity contribution in [3.63, 3.8) is 0 Å². The van der Waals surface area contributed by atoms with Gasteiger partial charge in [-0.05, 0) is 55.9 Å². The van der Waals surface area contributed by atoms with Crippen LogP contribution in [-0.4, -0.2) is 41.0 Å². The first-order chi connectivity index (χ1) is 14.6. The van der Waals surface area contributed by atoms with E-state index in [0.29, 0.717) is 41.6 Å². The second kappa shape index (κ2) is 10.4. The van der Waals surface area contributed by atoms with Crippen LogP contribution in [0.15, 0.2) is 53.3 Å². The van der Waals surface area contributed by atoms with E-state index in [9.17, 15) is 9.59 Å². The summed E-state index contributed by atoms with van der Waals surface area (Å²) in [5.74, 6) is 0.301. The average Bonchev–Trinajstić information content (AvgIpc) is 2.76. The molecule has 0 saturated heterocycles. The Morgan fingerprint density at radius 1 is 1.10 bits per heavy atom. The Kier molecular flexibility index (Phi) is 7.34. The van der Waals surface area contributed by atoms with Crippen LogP contribution in [0.2, 0.25) is 0 Å².